The molecule has 0 bridgehead atoms. The molecule has 2 rings (SSSR count). The monoisotopic (exact) mass is 303 g/mol. The number of hydrogen-bond donors (Lipinski definition) is 2. The second kappa shape index (κ2) is 6.83. The topological polar surface area (TPSA) is 68.0 Å². The molecule has 1 unspecified atom stereocenters. The first kappa shape index (κ1) is 15.7. The van der Waals surface area contributed by atoms with E-state index in [9.17, 15) is 4.79 Å². The van der Waals surface area contributed by atoms with Crippen LogP contribution in [0, 0.1) is 13.8 Å². The summed E-state index contributed by atoms with van der Waals surface area (Å²) in [6.07, 6.45) is 1.89. The zero-order chi connectivity index (χ0) is 15.4. The van der Waals surface area contributed by atoms with E-state index in [0.29, 0.717) is 5.69 Å². The molecule has 5 heteroatoms. The van der Waals surface area contributed by atoms with Crippen LogP contribution in [0.4, 0.5) is 5.69 Å². The van der Waals surface area contributed by atoms with E-state index >= 15 is 0 Å². The average Bonchev–Trinajstić information content (AvgIpc) is 2.87. The van der Waals surface area contributed by atoms with Crippen LogP contribution < -0.4 is 11.1 Å². The Hall–Kier alpha value is -1.72. The number of nitrogens with two attached hydrogens (primary N) is 1. The summed E-state index contributed by atoms with van der Waals surface area (Å²) in [6, 6.07) is 5.88. The molecule has 0 saturated heterocycles. The van der Waals surface area contributed by atoms with Gasteiger partial charge < -0.3 is 11.1 Å². The predicted octanol–water partition coefficient (Wildman–Crippen LogP) is 3.81. The molecule has 2 aromatic rings. The van der Waals surface area contributed by atoms with Crippen LogP contribution in [-0.4, -0.2) is 10.9 Å². The molecule has 3 N–H and O–H groups in total. The van der Waals surface area contributed by atoms with Crippen molar-refractivity contribution in [3.05, 3.63) is 45.4 Å². The fourth-order valence-corrected chi connectivity index (χ4v) is 3.07. The number of aromatic nitrogens is 1. The van der Waals surface area contributed by atoms with Crippen LogP contribution in [0.1, 0.15) is 52.4 Å². The first-order valence-electron chi connectivity index (χ1n) is 7.10. The molecule has 0 saturated carbocycles. The Morgan fingerprint density at radius 1 is 1.33 bits per heavy atom. The summed E-state index contributed by atoms with van der Waals surface area (Å²) in [5.41, 5.74) is 9.49. The van der Waals surface area contributed by atoms with E-state index in [1.807, 2.05) is 26.0 Å². The maximum atomic E-state index is 12.2. The van der Waals surface area contributed by atoms with Crippen molar-refractivity contribution in [1.29, 1.82) is 0 Å². The van der Waals surface area contributed by atoms with Crippen LogP contribution in [0.2, 0.25) is 0 Å². The standard InChI is InChI=1S/C16H21N3OS/c1-4-5-13(17)16-19-14(9-21-16)15(20)18-12-7-10(2)6-11(3)8-12/h6-9,13H,4-5,17H2,1-3H3,(H,18,20). The highest BCUT2D eigenvalue weighted by Gasteiger charge is 2.15. The molecule has 0 radical (unpaired) electrons. The number of amides is 1. The summed E-state index contributed by atoms with van der Waals surface area (Å²) >= 11 is 1.45. The number of nitrogens with zero attached hydrogens (tertiary/aromatic N) is 1. The highest BCUT2D eigenvalue weighted by molar-refractivity contribution is 7.09. The van der Waals surface area contributed by atoms with Crippen molar-refractivity contribution in [2.24, 2.45) is 5.73 Å². The number of thiazole rings is 1. The summed E-state index contributed by atoms with van der Waals surface area (Å²) in [5.74, 6) is -0.189. The molecule has 1 aromatic heterocycles. The van der Waals surface area contributed by atoms with Gasteiger partial charge in [0.2, 0.25) is 0 Å². The number of rotatable bonds is 5. The first-order chi connectivity index (χ1) is 9.99. The molecule has 0 aliphatic heterocycles. The van der Waals surface area contributed by atoms with Gasteiger partial charge >= 0.3 is 0 Å². The number of aryl methyl sites for hydroxylation is 2. The Balaban J connectivity index is 2.10. The van der Waals surface area contributed by atoms with E-state index in [-0.39, 0.29) is 11.9 Å². The van der Waals surface area contributed by atoms with Gasteiger partial charge in [0, 0.05) is 11.1 Å². The van der Waals surface area contributed by atoms with Crippen molar-refractivity contribution in [2.45, 2.75) is 39.7 Å². The third kappa shape index (κ3) is 4.12. The van der Waals surface area contributed by atoms with Crippen molar-refractivity contribution in [3.8, 4) is 0 Å². The molecule has 0 spiro atoms. The van der Waals surface area contributed by atoms with E-state index in [1.165, 1.54) is 11.3 Å². The Morgan fingerprint density at radius 3 is 2.62 bits per heavy atom. The summed E-state index contributed by atoms with van der Waals surface area (Å²) < 4.78 is 0. The summed E-state index contributed by atoms with van der Waals surface area (Å²) in [4.78, 5) is 16.6. The van der Waals surface area contributed by atoms with Crippen molar-refractivity contribution < 1.29 is 4.79 Å². The van der Waals surface area contributed by atoms with Crippen LogP contribution in [0.3, 0.4) is 0 Å². The van der Waals surface area contributed by atoms with Crippen LogP contribution in [0.5, 0.6) is 0 Å². The Kier molecular flexibility index (Phi) is 5.09. The minimum atomic E-state index is -0.189. The number of hydrogen-bond acceptors (Lipinski definition) is 4. The van der Waals surface area contributed by atoms with Gasteiger partial charge in [-0.05, 0) is 43.5 Å². The highest BCUT2D eigenvalue weighted by Crippen LogP contribution is 2.21. The predicted molar refractivity (Wildman–Crippen MR) is 87.8 cm³/mol. The second-order valence-electron chi connectivity index (χ2n) is 5.30. The maximum absolute atomic E-state index is 12.2. The van der Waals surface area contributed by atoms with Crippen molar-refractivity contribution in [3.63, 3.8) is 0 Å². The van der Waals surface area contributed by atoms with Crippen LogP contribution >= 0.6 is 11.3 Å². The van der Waals surface area contributed by atoms with E-state index in [0.717, 1.165) is 34.7 Å². The third-order valence-corrected chi connectivity index (χ3v) is 4.13. The summed E-state index contributed by atoms with van der Waals surface area (Å²) in [5, 5.41) is 5.48. The van der Waals surface area contributed by atoms with E-state index in [1.54, 1.807) is 5.38 Å². The number of carbonyl (C=O) groups excluding carboxylic acids is 1. The van der Waals surface area contributed by atoms with Gasteiger partial charge in [-0.15, -0.1) is 11.3 Å². The van der Waals surface area contributed by atoms with Crippen LogP contribution in [0.15, 0.2) is 23.6 Å². The number of nitrogens with one attached hydrogen (secondary N) is 1. The summed E-state index contributed by atoms with van der Waals surface area (Å²) in [7, 11) is 0. The van der Waals surface area contributed by atoms with E-state index in [2.05, 4.69) is 23.3 Å². The van der Waals surface area contributed by atoms with Gasteiger partial charge in [-0.3, -0.25) is 4.79 Å². The molecular weight excluding hydrogens is 282 g/mol. The third-order valence-electron chi connectivity index (χ3n) is 3.15. The smallest absolute Gasteiger partial charge is 0.275 e. The largest absolute Gasteiger partial charge is 0.322 e. The Bertz CT molecular complexity index is 616. The minimum Gasteiger partial charge on any atom is -0.322 e. The fourth-order valence-electron chi connectivity index (χ4n) is 2.24. The van der Waals surface area contributed by atoms with Crippen LogP contribution in [-0.2, 0) is 0 Å². The SMILES string of the molecule is CCCC(N)c1nc(C(=O)Nc2cc(C)cc(C)c2)cs1. The molecule has 0 aliphatic carbocycles. The van der Waals surface area contributed by atoms with Gasteiger partial charge in [-0.1, -0.05) is 19.4 Å². The van der Waals surface area contributed by atoms with Gasteiger partial charge in [-0.2, -0.15) is 0 Å². The lowest BCUT2D eigenvalue weighted by molar-refractivity contribution is 0.102. The lowest BCUT2D eigenvalue weighted by Crippen LogP contribution is -2.14. The molecule has 1 heterocycles. The van der Waals surface area contributed by atoms with Gasteiger partial charge in [0.25, 0.3) is 5.91 Å². The van der Waals surface area contributed by atoms with Gasteiger partial charge in [0.05, 0.1) is 6.04 Å². The first-order valence-corrected chi connectivity index (χ1v) is 7.98. The number of benzene rings is 1. The lowest BCUT2D eigenvalue weighted by Gasteiger charge is -2.07. The molecular formula is C16H21N3OS. The fraction of sp³-hybridized carbons (Fsp3) is 0.375. The molecule has 1 atom stereocenters. The van der Waals surface area contributed by atoms with Gasteiger partial charge in [0.15, 0.2) is 0 Å². The zero-order valence-electron chi connectivity index (χ0n) is 12.6. The molecule has 1 aromatic carbocycles. The number of carbonyl (C=O) groups is 1. The Morgan fingerprint density at radius 2 is 2.00 bits per heavy atom. The quantitative estimate of drug-likeness (QED) is 0.882. The zero-order valence-corrected chi connectivity index (χ0v) is 13.5. The lowest BCUT2D eigenvalue weighted by atomic mass is 10.1. The van der Waals surface area contributed by atoms with Gasteiger partial charge in [-0.25, -0.2) is 4.98 Å². The molecule has 4 nitrogen and oxygen atoms in total. The van der Waals surface area contributed by atoms with Crippen molar-refractivity contribution in [1.82, 2.24) is 4.98 Å². The molecule has 0 fully saturated rings. The van der Waals surface area contributed by atoms with E-state index in [4.69, 9.17) is 5.73 Å². The second-order valence-corrected chi connectivity index (χ2v) is 6.19. The molecule has 112 valence electrons. The Labute approximate surface area is 129 Å². The van der Waals surface area contributed by atoms with Crippen molar-refractivity contribution >= 4 is 22.9 Å². The number of anilines is 1. The highest BCUT2D eigenvalue weighted by atomic mass is 32.1. The molecule has 0 aliphatic rings. The normalized spacial score (nSPS) is 12.2. The van der Waals surface area contributed by atoms with Crippen molar-refractivity contribution in [2.75, 3.05) is 5.32 Å². The maximum Gasteiger partial charge on any atom is 0.275 e. The molecule has 1 amide bonds. The van der Waals surface area contributed by atoms with E-state index < -0.39 is 0 Å². The minimum absolute atomic E-state index is 0.0808. The molecule has 21 heavy (non-hydrogen) atoms. The average molecular weight is 303 g/mol. The van der Waals surface area contributed by atoms with Gasteiger partial charge in [0.1, 0.15) is 10.7 Å². The van der Waals surface area contributed by atoms with Crippen LogP contribution in [0.25, 0.3) is 0 Å². The summed E-state index contributed by atoms with van der Waals surface area (Å²) in [6.45, 7) is 6.10.